The highest BCUT2D eigenvalue weighted by Gasteiger charge is 2.22. The van der Waals surface area contributed by atoms with Gasteiger partial charge in [-0.2, -0.15) is 0 Å². The molecule has 1 amide bonds. The van der Waals surface area contributed by atoms with Gasteiger partial charge in [0.05, 0.1) is 0 Å². The summed E-state index contributed by atoms with van der Waals surface area (Å²) in [5.74, 6) is -0.653. The van der Waals surface area contributed by atoms with Crippen LogP contribution in [0.25, 0.3) is 0 Å². The number of aliphatic carboxylic acids is 1. The predicted molar refractivity (Wildman–Crippen MR) is 70.2 cm³/mol. The van der Waals surface area contributed by atoms with Gasteiger partial charge in [0, 0.05) is 6.42 Å². The summed E-state index contributed by atoms with van der Waals surface area (Å²) in [5, 5.41) is 11.6. The average molecular weight is 253 g/mol. The molecule has 4 nitrogen and oxygen atoms in total. The van der Waals surface area contributed by atoms with E-state index in [2.05, 4.69) is 11.9 Å². The van der Waals surface area contributed by atoms with Crippen LogP contribution in [0.2, 0.25) is 0 Å². The summed E-state index contributed by atoms with van der Waals surface area (Å²) in [6, 6.07) is -0.779. The first-order valence-corrected chi connectivity index (χ1v) is 6.76. The molecule has 18 heavy (non-hydrogen) atoms. The maximum Gasteiger partial charge on any atom is 0.326 e. The molecule has 1 unspecified atom stereocenters. The number of carbonyl (C=O) groups is 2. The summed E-state index contributed by atoms with van der Waals surface area (Å²) in [7, 11) is 0. The first kappa shape index (κ1) is 14.7. The van der Waals surface area contributed by atoms with Crippen LogP contribution < -0.4 is 5.32 Å². The second-order valence-electron chi connectivity index (χ2n) is 5.03. The summed E-state index contributed by atoms with van der Waals surface area (Å²) in [6.07, 6.45) is 8.98. The fourth-order valence-electron chi connectivity index (χ4n) is 2.45. The molecule has 0 aromatic carbocycles. The molecule has 0 aromatic heterocycles. The molecule has 1 fully saturated rings. The molecule has 0 spiro atoms. The lowest BCUT2D eigenvalue weighted by Crippen LogP contribution is -2.41. The third-order valence-electron chi connectivity index (χ3n) is 3.49. The third kappa shape index (κ3) is 5.34. The van der Waals surface area contributed by atoms with Crippen LogP contribution in [0.1, 0.15) is 51.4 Å². The van der Waals surface area contributed by atoms with Crippen LogP contribution in [0.15, 0.2) is 12.7 Å². The smallest absolute Gasteiger partial charge is 0.326 e. The molecular formula is C14H23NO3. The lowest BCUT2D eigenvalue weighted by atomic mass is 9.87. The molecule has 4 heteroatoms. The Balaban J connectivity index is 2.35. The highest BCUT2D eigenvalue weighted by atomic mass is 16.4. The normalized spacial score (nSPS) is 18.0. The summed E-state index contributed by atoms with van der Waals surface area (Å²) in [6.45, 7) is 3.56. The van der Waals surface area contributed by atoms with Crippen molar-refractivity contribution in [3.8, 4) is 0 Å². The van der Waals surface area contributed by atoms with E-state index < -0.39 is 12.0 Å². The van der Waals surface area contributed by atoms with E-state index in [0.717, 1.165) is 12.8 Å². The van der Waals surface area contributed by atoms with Gasteiger partial charge in [-0.3, -0.25) is 4.79 Å². The number of nitrogens with one attached hydrogen (secondary N) is 1. The Hall–Kier alpha value is -1.32. The number of rotatable bonds is 7. The lowest BCUT2D eigenvalue weighted by molar-refractivity contribution is -0.142. The molecule has 0 saturated heterocycles. The summed E-state index contributed by atoms with van der Waals surface area (Å²) in [5.41, 5.74) is 0. The van der Waals surface area contributed by atoms with Crippen molar-refractivity contribution >= 4 is 11.9 Å². The zero-order valence-corrected chi connectivity index (χ0v) is 10.9. The second kappa shape index (κ2) is 7.90. The Morgan fingerprint density at radius 1 is 1.33 bits per heavy atom. The molecule has 102 valence electrons. The summed E-state index contributed by atoms with van der Waals surface area (Å²) in [4.78, 5) is 22.8. The quantitative estimate of drug-likeness (QED) is 0.685. The summed E-state index contributed by atoms with van der Waals surface area (Å²) >= 11 is 0. The molecule has 0 bridgehead atoms. The number of carbonyl (C=O) groups excluding carboxylic acids is 1. The van der Waals surface area contributed by atoms with Gasteiger partial charge in [0.25, 0.3) is 0 Å². The predicted octanol–water partition coefficient (Wildman–Crippen LogP) is 2.49. The van der Waals surface area contributed by atoms with Crippen LogP contribution in [0, 0.1) is 5.92 Å². The highest BCUT2D eigenvalue weighted by Crippen LogP contribution is 2.26. The molecule has 1 rings (SSSR count). The molecule has 1 aliphatic rings. The highest BCUT2D eigenvalue weighted by molar-refractivity contribution is 5.83. The molecule has 1 atom stereocenters. The number of carboxylic acids is 1. The van der Waals surface area contributed by atoms with Gasteiger partial charge in [0.2, 0.25) is 5.91 Å². The van der Waals surface area contributed by atoms with E-state index >= 15 is 0 Å². The monoisotopic (exact) mass is 253 g/mol. The fourth-order valence-corrected chi connectivity index (χ4v) is 2.45. The van der Waals surface area contributed by atoms with Gasteiger partial charge >= 0.3 is 5.97 Å². The zero-order chi connectivity index (χ0) is 13.4. The zero-order valence-electron chi connectivity index (χ0n) is 10.9. The summed E-state index contributed by atoms with van der Waals surface area (Å²) < 4.78 is 0. The van der Waals surface area contributed by atoms with Gasteiger partial charge < -0.3 is 10.4 Å². The van der Waals surface area contributed by atoms with Crippen LogP contribution in [0.3, 0.4) is 0 Å². The van der Waals surface area contributed by atoms with E-state index in [1.54, 1.807) is 6.08 Å². The van der Waals surface area contributed by atoms with E-state index in [-0.39, 0.29) is 5.91 Å². The standard InChI is InChI=1S/C14H23NO3/c1-2-3-9-12(14(17)18)15-13(16)10-11-7-5-4-6-8-11/h2,11-12H,1,3-10H2,(H,15,16)(H,17,18). The number of carboxylic acid groups (broad SMARTS) is 1. The van der Waals surface area contributed by atoms with Crippen molar-refractivity contribution in [3.05, 3.63) is 12.7 Å². The van der Waals surface area contributed by atoms with Crippen molar-refractivity contribution in [2.75, 3.05) is 0 Å². The van der Waals surface area contributed by atoms with E-state index in [1.807, 2.05) is 0 Å². The largest absolute Gasteiger partial charge is 0.480 e. The van der Waals surface area contributed by atoms with Gasteiger partial charge in [-0.1, -0.05) is 25.3 Å². The molecule has 0 aromatic rings. The van der Waals surface area contributed by atoms with Crippen LogP contribution in [-0.2, 0) is 9.59 Å². The second-order valence-corrected chi connectivity index (χ2v) is 5.03. The topological polar surface area (TPSA) is 66.4 Å². The average Bonchev–Trinajstić information content (AvgIpc) is 2.35. The first-order chi connectivity index (χ1) is 8.63. The van der Waals surface area contributed by atoms with E-state index in [9.17, 15) is 9.59 Å². The van der Waals surface area contributed by atoms with Gasteiger partial charge in [-0.15, -0.1) is 6.58 Å². The lowest BCUT2D eigenvalue weighted by Gasteiger charge is -2.22. The molecule has 1 saturated carbocycles. The Labute approximate surface area is 108 Å². The third-order valence-corrected chi connectivity index (χ3v) is 3.49. The Kier molecular flexibility index (Phi) is 6.47. The molecule has 2 N–H and O–H groups in total. The Morgan fingerprint density at radius 3 is 2.56 bits per heavy atom. The molecule has 0 radical (unpaired) electrons. The Morgan fingerprint density at radius 2 is 2.00 bits per heavy atom. The van der Waals surface area contributed by atoms with Crippen LogP contribution in [0.4, 0.5) is 0 Å². The van der Waals surface area contributed by atoms with Crippen molar-refractivity contribution in [1.82, 2.24) is 5.32 Å². The Bertz CT molecular complexity index is 295. The van der Waals surface area contributed by atoms with Gasteiger partial charge in [-0.25, -0.2) is 4.79 Å². The van der Waals surface area contributed by atoms with Crippen molar-refractivity contribution in [3.63, 3.8) is 0 Å². The molecule has 0 aliphatic heterocycles. The van der Waals surface area contributed by atoms with Crippen molar-refractivity contribution in [1.29, 1.82) is 0 Å². The van der Waals surface area contributed by atoms with Gasteiger partial charge in [0.15, 0.2) is 0 Å². The minimum absolute atomic E-state index is 0.127. The minimum atomic E-state index is -0.964. The number of amides is 1. The van der Waals surface area contributed by atoms with Crippen LogP contribution >= 0.6 is 0 Å². The van der Waals surface area contributed by atoms with E-state index in [0.29, 0.717) is 25.2 Å². The van der Waals surface area contributed by atoms with Crippen LogP contribution in [-0.4, -0.2) is 23.0 Å². The van der Waals surface area contributed by atoms with E-state index in [1.165, 1.54) is 19.3 Å². The van der Waals surface area contributed by atoms with Crippen LogP contribution in [0.5, 0.6) is 0 Å². The van der Waals surface area contributed by atoms with E-state index in [4.69, 9.17) is 5.11 Å². The fraction of sp³-hybridized carbons (Fsp3) is 0.714. The maximum atomic E-state index is 11.8. The van der Waals surface area contributed by atoms with Gasteiger partial charge in [0.1, 0.15) is 6.04 Å². The maximum absolute atomic E-state index is 11.8. The minimum Gasteiger partial charge on any atom is -0.480 e. The first-order valence-electron chi connectivity index (χ1n) is 6.76. The van der Waals surface area contributed by atoms with Crippen molar-refractivity contribution < 1.29 is 14.7 Å². The number of allylic oxidation sites excluding steroid dienone is 1. The SMILES string of the molecule is C=CCCC(NC(=O)CC1CCCCC1)C(=O)O. The molecule has 1 aliphatic carbocycles. The number of hydrogen-bond donors (Lipinski definition) is 2. The van der Waals surface area contributed by atoms with Crippen molar-refractivity contribution in [2.45, 2.75) is 57.4 Å². The van der Waals surface area contributed by atoms with Crippen molar-refractivity contribution in [2.24, 2.45) is 5.92 Å². The van der Waals surface area contributed by atoms with Gasteiger partial charge in [-0.05, 0) is 31.6 Å². The molecule has 0 heterocycles. The molecular weight excluding hydrogens is 230 g/mol. The number of hydrogen-bond acceptors (Lipinski definition) is 2.